The van der Waals surface area contributed by atoms with Gasteiger partial charge in [0.05, 0.1) is 12.2 Å². The van der Waals surface area contributed by atoms with E-state index >= 15 is 0 Å². The number of aromatic nitrogens is 2. The lowest BCUT2D eigenvalue weighted by Crippen LogP contribution is -2.53. The third kappa shape index (κ3) is 4.12. The van der Waals surface area contributed by atoms with E-state index in [2.05, 4.69) is 29.2 Å². The average molecular weight is 322 g/mol. The van der Waals surface area contributed by atoms with Crippen LogP contribution in [0.25, 0.3) is 0 Å². The van der Waals surface area contributed by atoms with Crippen LogP contribution < -0.4 is 5.32 Å². The normalized spacial score (nSPS) is 20.7. The SMILES string of the molecule is CCc1nn(C)c(CC)c1CNC1CC(N(CC)CC(=O)O)C1. The Bertz CT molecular complexity index is 535. The number of hydrogen-bond acceptors (Lipinski definition) is 4. The predicted octanol–water partition coefficient (Wildman–Crippen LogP) is 1.57. The molecule has 2 rings (SSSR count). The van der Waals surface area contributed by atoms with Gasteiger partial charge in [-0.25, -0.2) is 0 Å². The van der Waals surface area contributed by atoms with Crippen LogP contribution in [0.5, 0.6) is 0 Å². The van der Waals surface area contributed by atoms with Crippen molar-refractivity contribution in [2.45, 2.75) is 65.1 Å². The van der Waals surface area contributed by atoms with Gasteiger partial charge in [-0.2, -0.15) is 5.10 Å². The van der Waals surface area contributed by atoms with Crippen LogP contribution in [0.4, 0.5) is 0 Å². The molecule has 6 nitrogen and oxygen atoms in total. The fraction of sp³-hybridized carbons (Fsp3) is 0.765. The Labute approximate surface area is 138 Å². The largest absolute Gasteiger partial charge is 0.480 e. The molecule has 2 N–H and O–H groups in total. The lowest BCUT2D eigenvalue weighted by Gasteiger charge is -2.42. The topological polar surface area (TPSA) is 70.4 Å². The van der Waals surface area contributed by atoms with E-state index in [-0.39, 0.29) is 6.54 Å². The molecule has 1 fully saturated rings. The second kappa shape index (κ2) is 7.93. The Morgan fingerprint density at radius 2 is 2.04 bits per heavy atom. The van der Waals surface area contributed by atoms with Crippen molar-refractivity contribution in [1.82, 2.24) is 20.0 Å². The number of likely N-dealkylation sites (N-methyl/N-ethyl adjacent to an activating group) is 1. The van der Waals surface area contributed by atoms with E-state index < -0.39 is 5.97 Å². The molecule has 1 aliphatic carbocycles. The molecule has 0 unspecified atom stereocenters. The van der Waals surface area contributed by atoms with Gasteiger partial charge in [-0.3, -0.25) is 14.4 Å². The summed E-state index contributed by atoms with van der Waals surface area (Å²) in [5, 5.41) is 17.2. The van der Waals surface area contributed by atoms with E-state index in [0.29, 0.717) is 12.1 Å². The van der Waals surface area contributed by atoms with Gasteiger partial charge in [-0.1, -0.05) is 20.8 Å². The van der Waals surface area contributed by atoms with Crippen molar-refractivity contribution >= 4 is 5.97 Å². The highest BCUT2D eigenvalue weighted by atomic mass is 16.4. The number of aliphatic carboxylic acids is 1. The highest BCUT2D eigenvalue weighted by Gasteiger charge is 2.33. The smallest absolute Gasteiger partial charge is 0.317 e. The minimum absolute atomic E-state index is 0.149. The minimum Gasteiger partial charge on any atom is -0.480 e. The third-order valence-electron chi connectivity index (χ3n) is 4.97. The molecular formula is C17H30N4O2. The maximum Gasteiger partial charge on any atom is 0.317 e. The molecule has 1 aromatic rings. The van der Waals surface area contributed by atoms with Crippen molar-refractivity contribution in [2.24, 2.45) is 7.05 Å². The first-order chi connectivity index (χ1) is 11.0. The molecule has 1 saturated carbocycles. The Kier molecular flexibility index (Phi) is 6.18. The number of aryl methyl sites for hydroxylation is 2. The maximum atomic E-state index is 10.9. The molecule has 1 aliphatic rings. The third-order valence-corrected chi connectivity index (χ3v) is 4.97. The molecule has 1 heterocycles. The second-order valence-corrected chi connectivity index (χ2v) is 6.36. The average Bonchev–Trinajstić information content (AvgIpc) is 2.78. The lowest BCUT2D eigenvalue weighted by atomic mass is 9.85. The maximum absolute atomic E-state index is 10.9. The summed E-state index contributed by atoms with van der Waals surface area (Å²) in [6, 6.07) is 0.885. The first kappa shape index (κ1) is 17.9. The Balaban J connectivity index is 1.86. The van der Waals surface area contributed by atoms with E-state index in [1.807, 2.05) is 18.7 Å². The van der Waals surface area contributed by atoms with E-state index in [4.69, 9.17) is 5.11 Å². The number of hydrogen-bond donors (Lipinski definition) is 2. The monoisotopic (exact) mass is 322 g/mol. The van der Waals surface area contributed by atoms with Crippen LogP contribution in [0.3, 0.4) is 0 Å². The van der Waals surface area contributed by atoms with Crippen molar-refractivity contribution in [1.29, 1.82) is 0 Å². The Morgan fingerprint density at radius 1 is 1.35 bits per heavy atom. The van der Waals surface area contributed by atoms with Gasteiger partial charge in [0.1, 0.15) is 0 Å². The highest BCUT2D eigenvalue weighted by molar-refractivity contribution is 5.69. The summed E-state index contributed by atoms with van der Waals surface area (Å²) in [5.41, 5.74) is 3.85. The van der Waals surface area contributed by atoms with E-state index in [1.165, 1.54) is 17.0 Å². The van der Waals surface area contributed by atoms with Crippen LogP contribution in [0.15, 0.2) is 0 Å². The molecule has 0 radical (unpaired) electrons. The zero-order valence-corrected chi connectivity index (χ0v) is 14.8. The van der Waals surface area contributed by atoms with E-state index in [9.17, 15) is 4.79 Å². The van der Waals surface area contributed by atoms with Gasteiger partial charge in [-0.15, -0.1) is 0 Å². The Morgan fingerprint density at radius 3 is 2.57 bits per heavy atom. The summed E-state index contributed by atoms with van der Waals surface area (Å²) in [6.07, 6.45) is 4.02. The van der Waals surface area contributed by atoms with Gasteiger partial charge in [0.15, 0.2) is 0 Å². The summed E-state index contributed by atoms with van der Waals surface area (Å²) in [5.74, 6) is -0.737. The number of rotatable bonds is 9. The van der Waals surface area contributed by atoms with Crippen LogP contribution in [0, 0.1) is 0 Å². The predicted molar refractivity (Wildman–Crippen MR) is 90.5 cm³/mol. The molecule has 0 saturated heterocycles. The molecule has 0 bridgehead atoms. The van der Waals surface area contributed by atoms with Gasteiger partial charge >= 0.3 is 5.97 Å². The van der Waals surface area contributed by atoms with Crippen LogP contribution in [-0.2, 0) is 31.2 Å². The number of carboxylic acids is 1. The van der Waals surface area contributed by atoms with Crippen LogP contribution in [-0.4, -0.2) is 50.9 Å². The molecule has 1 aromatic heterocycles. The Hall–Kier alpha value is -1.40. The number of carboxylic acid groups (broad SMARTS) is 1. The summed E-state index contributed by atoms with van der Waals surface area (Å²) >= 11 is 0. The van der Waals surface area contributed by atoms with Crippen molar-refractivity contribution in [3.8, 4) is 0 Å². The zero-order valence-electron chi connectivity index (χ0n) is 14.8. The number of nitrogens with zero attached hydrogens (tertiary/aromatic N) is 3. The first-order valence-corrected chi connectivity index (χ1v) is 8.72. The van der Waals surface area contributed by atoms with Crippen molar-refractivity contribution in [2.75, 3.05) is 13.1 Å². The van der Waals surface area contributed by atoms with Crippen LogP contribution in [0.2, 0.25) is 0 Å². The van der Waals surface area contributed by atoms with Gasteiger partial charge in [0.2, 0.25) is 0 Å². The molecular weight excluding hydrogens is 292 g/mol. The van der Waals surface area contributed by atoms with Gasteiger partial charge < -0.3 is 10.4 Å². The summed E-state index contributed by atoms with van der Waals surface area (Å²) < 4.78 is 2.01. The van der Waals surface area contributed by atoms with Crippen LogP contribution >= 0.6 is 0 Å². The fourth-order valence-corrected chi connectivity index (χ4v) is 3.57. The van der Waals surface area contributed by atoms with Gasteiger partial charge in [0, 0.05) is 36.9 Å². The molecule has 0 aromatic carbocycles. The molecule has 0 atom stereocenters. The van der Waals surface area contributed by atoms with E-state index in [0.717, 1.165) is 38.8 Å². The molecule has 6 heteroatoms. The number of nitrogens with one attached hydrogen (secondary N) is 1. The highest BCUT2D eigenvalue weighted by Crippen LogP contribution is 2.26. The minimum atomic E-state index is -0.737. The summed E-state index contributed by atoms with van der Waals surface area (Å²) in [4.78, 5) is 12.9. The zero-order chi connectivity index (χ0) is 17.0. The molecule has 0 spiro atoms. The number of carbonyl (C=O) groups is 1. The molecule has 0 aliphatic heterocycles. The lowest BCUT2D eigenvalue weighted by molar-refractivity contribution is -0.139. The summed E-state index contributed by atoms with van der Waals surface area (Å²) in [7, 11) is 2.02. The van der Waals surface area contributed by atoms with Crippen molar-refractivity contribution in [3.63, 3.8) is 0 Å². The molecule has 0 amide bonds. The van der Waals surface area contributed by atoms with Gasteiger partial charge in [-0.05, 0) is 32.2 Å². The molecule has 130 valence electrons. The standard InChI is InChI=1S/C17H30N4O2/c1-5-15-14(16(6-2)20(4)19-15)10-18-12-8-13(9-12)21(7-3)11-17(22)23/h12-13,18H,5-11H2,1-4H3,(H,22,23). The summed E-state index contributed by atoms with van der Waals surface area (Å²) in [6.45, 7) is 8.16. The van der Waals surface area contributed by atoms with Crippen molar-refractivity contribution in [3.05, 3.63) is 17.0 Å². The first-order valence-electron chi connectivity index (χ1n) is 8.72. The van der Waals surface area contributed by atoms with Crippen molar-refractivity contribution < 1.29 is 9.90 Å². The van der Waals surface area contributed by atoms with Gasteiger partial charge in [0.25, 0.3) is 0 Å². The van der Waals surface area contributed by atoms with Crippen LogP contribution in [0.1, 0.15) is 50.6 Å². The molecule has 23 heavy (non-hydrogen) atoms. The second-order valence-electron chi connectivity index (χ2n) is 6.36. The fourth-order valence-electron chi connectivity index (χ4n) is 3.57. The van der Waals surface area contributed by atoms with E-state index in [1.54, 1.807) is 0 Å². The quantitative estimate of drug-likeness (QED) is 0.722.